The van der Waals surface area contributed by atoms with Crippen molar-refractivity contribution >= 4 is 5.91 Å². The van der Waals surface area contributed by atoms with Crippen LogP contribution in [0, 0.1) is 29.6 Å². The number of nitrogens with zero attached hydrogens (tertiary/aromatic N) is 2. The maximum atomic E-state index is 12.9. The first-order valence-electron chi connectivity index (χ1n) is 10.4. The Morgan fingerprint density at radius 2 is 1.35 bits per heavy atom. The lowest BCUT2D eigenvalue weighted by Gasteiger charge is -2.54. The summed E-state index contributed by atoms with van der Waals surface area (Å²) in [5.41, 5.74) is 2.55. The zero-order chi connectivity index (χ0) is 18.3. The summed E-state index contributed by atoms with van der Waals surface area (Å²) in [6.45, 7) is 1.69. The van der Waals surface area contributed by atoms with E-state index in [1.807, 2.05) is 11.9 Å². The number of hydrogen-bond acceptors (Lipinski definition) is 2. The molecule has 4 bridgehead atoms. The van der Waals surface area contributed by atoms with Crippen molar-refractivity contribution < 1.29 is 4.79 Å². The second-order valence-electron chi connectivity index (χ2n) is 9.60. The van der Waals surface area contributed by atoms with Gasteiger partial charge in [-0.25, -0.2) is 0 Å². The van der Waals surface area contributed by atoms with Crippen LogP contribution in [0.4, 0.5) is 0 Å². The van der Waals surface area contributed by atoms with Gasteiger partial charge in [-0.3, -0.25) is 4.79 Å². The molecular formula is C23H34N2O. The van der Waals surface area contributed by atoms with Gasteiger partial charge in [-0.15, -0.1) is 0 Å². The normalized spacial score (nSPS) is 32.2. The Morgan fingerprint density at radius 3 is 1.85 bits per heavy atom. The van der Waals surface area contributed by atoms with Gasteiger partial charge in [-0.1, -0.05) is 24.3 Å². The second kappa shape index (κ2) is 7.34. The van der Waals surface area contributed by atoms with E-state index in [2.05, 4.69) is 43.3 Å². The van der Waals surface area contributed by atoms with Gasteiger partial charge in [-0.05, 0) is 86.9 Å². The molecule has 0 aliphatic heterocycles. The van der Waals surface area contributed by atoms with E-state index in [0.717, 1.165) is 43.2 Å². The number of carbonyl (C=O) groups excluding carboxylic acids is 1. The molecule has 0 atom stereocenters. The summed E-state index contributed by atoms with van der Waals surface area (Å²) in [6.07, 6.45) is 7.88. The van der Waals surface area contributed by atoms with Crippen LogP contribution >= 0.6 is 0 Å². The fourth-order valence-corrected chi connectivity index (χ4v) is 6.21. The molecule has 4 fully saturated rings. The highest BCUT2D eigenvalue weighted by Crippen LogP contribution is 2.57. The SMILES string of the molecule is CN(C)Cc1ccc(CN(C)C(=O)CC2C3CC4CC(C3)CC2C4)cc1. The van der Waals surface area contributed by atoms with Crippen molar-refractivity contribution in [3.63, 3.8) is 0 Å². The van der Waals surface area contributed by atoms with Crippen molar-refractivity contribution in [1.82, 2.24) is 9.80 Å². The van der Waals surface area contributed by atoms with Crippen LogP contribution in [0.1, 0.15) is 49.7 Å². The molecule has 26 heavy (non-hydrogen) atoms. The lowest BCUT2D eigenvalue weighted by atomic mass is 9.51. The maximum Gasteiger partial charge on any atom is 0.222 e. The minimum Gasteiger partial charge on any atom is -0.341 e. The first-order chi connectivity index (χ1) is 12.5. The number of hydrogen-bond donors (Lipinski definition) is 0. The predicted octanol–water partition coefficient (Wildman–Crippen LogP) is 4.17. The Labute approximate surface area is 158 Å². The minimum absolute atomic E-state index is 0.347. The Kier molecular flexibility index (Phi) is 5.09. The molecule has 0 aromatic heterocycles. The topological polar surface area (TPSA) is 23.6 Å². The van der Waals surface area contributed by atoms with Crippen molar-refractivity contribution in [1.29, 1.82) is 0 Å². The summed E-state index contributed by atoms with van der Waals surface area (Å²) in [7, 11) is 6.15. The van der Waals surface area contributed by atoms with Crippen LogP contribution in [-0.2, 0) is 17.9 Å². The van der Waals surface area contributed by atoms with Gasteiger partial charge < -0.3 is 9.80 Å². The molecule has 0 saturated heterocycles. The van der Waals surface area contributed by atoms with Gasteiger partial charge in [0.1, 0.15) is 0 Å². The van der Waals surface area contributed by atoms with Crippen LogP contribution in [0.2, 0.25) is 0 Å². The summed E-state index contributed by atoms with van der Waals surface area (Å²) in [5.74, 6) is 4.67. The molecule has 3 nitrogen and oxygen atoms in total. The molecule has 4 saturated carbocycles. The van der Waals surface area contributed by atoms with Crippen molar-refractivity contribution in [2.24, 2.45) is 29.6 Å². The average molecular weight is 355 g/mol. The summed E-state index contributed by atoms with van der Waals surface area (Å²) in [5, 5.41) is 0. The molecule has 3 heteroatoms. The fourth-order valence-electron chi connectivity index (χ4n) is 6.21. The van der Waals surface area contributed by atoms with Crippen LogP contribution < -0.4 is 0 Å². The first-order valence-corrected chi connectivity index (χ1v) is 10.4. The molecule has 4 aliphatic carbocycles. The minimum atomic E-state index is 0.347. The third-order valence-corrected chi connectivity index (χ3v) is 7.20. The largest absolute Gasteiger partial charge is 0.341 e. The van der Waals surface area contributed by atoms with Crippen LogP contribution in [0.5, 0.6) is 0 Å². The second-order valence-corrected chi connectivity index (χ2v) is 9.60. The highest BCUT2D eigenvalue weighted by molar-refractivity contribution is 5.76. The third-order valence-electron chi connectivity index (χ3n) is 7.20. The number of rotatable bonds is 6. The van der Waals surface area contributed by atoms with Crippen molar-refractivity contribution in [2.45, 2.75) is 51.6 Å². The highest BCUT2D eigenvalue weighted by atomic mass is 16.2. The van der Waals surface area contributed by atoms with Gasteiger partial charge in [0, 0.05) is 26.6 Å². The fraction of sp³-hybridized carbons (Fsp3) is 0.696. The molecule has 0 N–H and O–H groups in total. The van der Waals surface area contributed by atoms with E-state index in [1.54, 1.807) is 0 Å². The van der Waals surface area contributed by atoms with E-state index < -0.39 is 0 Å². The number of carbonyl (C=O) groups is 1. The van der Waals surface area contributed by atoms with E-state index in [9.17, 15) is 4.79 Å². The Hall–Kier alpha value is -1.35. The quantitative estimate of drug-likeness (QED) is 0.765. The lowest BCUT2D eigenvalue weighted by molar-refractivity contribution is -0.135. The monoisotopic (exact) mass is 354 g/mol. The zero-order valence-electron chi connectivity index (χ0n) is 16.7. The Morgan fingerprint density at radius 1 is 0.846 bits per heavy atom. The van der Waals surface area contributed by atoms with E-state index >= 15 is 0 Å². The number of benzene rings is 1. The van der Waals surface area contributed by atoms with Crippen LogP contribution in [0.3, 0.4) is 0 Å². The molecule has 142 valence electrons. The highest BCUT2D eigenvalue weighted by Gasteiger charge is 2.48. The standard InChI is InChI=1S/C23H34N2O/c1-24(2)14-16-4-6-17(7-5-16)15-25(3)23(26)13-22-20-9-18-8-19(11-20)12-21(22)10-18/h4-7,18-22H,8-15H2,1-3H3. The molecule has 1 aromatic carbocycles. The smallest absolute Gasteiger partial charge is 0.222 e. The molecule has 0 radical (unpaired) electrons. The van der Waals surface area contributed by atoms with Gasteiger partial charge in [0.2, 0.25) is 5.91 Å². The molecular weight excluding hydrogens is 320 g/mol. The van der Waals surface area contributed by atoms with Crippen molar-refractivity contribution in [3.8, 4) is 0 Å². The average Bonchev–Trinajstić information content (AvgIpc) is 2.58. The van der Waals surface area contributed by atoms with Gasteiger partial charge in [0.25, 0.3) is 0 Å². The summed E-state index contributed by atoms with van der Waals surface area (Å²) in [4.78, 5) is 17.0. The summed E-state index contributed by atoms with van der Waals surface area (Å²) >= 11 is 0. The van der Waals surface area contributed by atoms with Gasteiger partial charge in [-0.2, -0.15) is 0 Å². The Balaban J connectivity index is 1.32. The van der Waals surface area contributed by atoms with E-state index in [1.165, 1.54) is 43.2 Å². The van der Waals surface area contributed by atoms with E-state index in [4.69, 9.17) is 0 Å². The zero-order valence-corrected chi connectivity index (χ0v) is 16.7. The van der Waals surface area contributed by atoms with Crippen LogP contribution in [0.25, 0.3) is 0 Å². The third kappa shape index (κ3) is 3.83. The van der Waals surface area contributed by atoms with Crippen molar-refractivity contribution in [3.05, 3.63) is 35.4 Å². The number of amides is 1. The lowest BCUT2D eigenvalue weighted by Crippen LogP contribution is -2.46. The molecule has 4 aliphatic rings. The summed E-state index contributed by atoms with van der Waals surface area (Å²) in [6, 6.07) is 8.72. The van der Waals surface area contributed by atoms with Gasteiger partial charge >= 0.3 is 0 Å². The maximum absolute atomic E-state index is 12.9. The molecule has 5 rings (SSSR count). The van der Waals surface area contributed by atoms with E-state index in [-0.39, 0.29) is 0 Å². The van der Waals surface area contributed by atoms with Gasteiger partial charge in [0.05, 0.1) is 0 Å². The molecule has 0 spiro atoms. The molecule has 1 aromatic rings. The van der Waals surface area contributed by atoms with Crippen LogP contribution in [-0.4, -0.2) is 36.9 Å². The van der Waals surface area contributed by atoms with Crippen LogP contribution in [0.15, 0.2) is 24.3 Å². The predicted molar refractivity (Wildman–Crippen MR) is 105 cm³/mol. The van der Waals surface area contributed by atoms with Crippen molar-refractivity contribution in [2.75, 3.05) is 21.1 Å². The van der Waals surface area contributed by atoms with Gasteiger partial charge in [0.15, 0.2) is 0 Å². The van der Waals surface area contributed by atoms with E-state index in [0.29, 0.717) is 11.8 Å². The first kappa shape index (κ1) is 18.0. The molecule has 0 heterocycles. The Bertz CT molecular complexity index is 608. The summed E-state index contributed by atoms with van der Waals surface area (Å²) < 4.78 is 0. The molecule has 1 amide bonds. The molecule has 0 unspecified atom stereocenters.